The molecule has 1 aromatic rings. The van der Waals surface area contributed by atoms with Gasteiger partial charge < -0.3 is 4.74 Å². The lowest BCUT2D eigenvalue weighted by Gasteiger charge is -2.19. The average molecular weight is 236 g/mol. The van der Waals surface area contributed by atoms with Crippen molar-refractivity contribution in [3.05, 3.63) is 41.2 Å². The molecule has 1 rings (SSSR count). The zero-order chi connectivity index (χ0) is 13.1. The maximum atomic E-state index is 13.9. The average Bonchev–Trinajstić information content (AvgIpc) is 2.18. The summed E-state index contributed by atoms with van der Waals surface area (Å²) in [5, 5.41) is 0. The molecular weight excluding hydrogens is 219 g/mol. The summed E-state index contributed by atoms with van der Waals surface area (Å²) in [6, 6.07) is 4.68. The highest BCUT2D eigenvalue weighted by Gasteiger charge is 2.21. The number of halogens is 1. The van der Waals surface area contributed by atoms with E-state index in [-0.39, 0.29) is 5.56 Å². The number of carbonyl (C=O) groups excluding carboxylic acids is 1. The second-order valence-electron chi connectivity index (χ2n) is 4.71. The van der Waals surface area contributed by atoms with Gasteiger partial charge in [0.2, 0.25) is 0 Å². The van der Waals surface area contributed by atoms with Gasteiger partial charge >= 0.3 is 5.97 Å². The van der Waals surface area contributed by atoms with E-state index < -0.39 is 17.4 Å². The molecule has 0 atom stereocenters. The van der Waals surface area contributed by atoms with Gasteiger partial charge in [-0.3, -0.25) is 0 Å². The number of allylic oxidation sites excluding steroid dienone is 1. The van der Waals surface area contributed by atoms with Crippen molar-refractivity contribution in [2.24, 2.45) is 0 Å². The van der Waals surface area contributed by atoms with Crippen LogP contribution < -0.4 is 0 Å². The van der Waals surface area contributed by atoms with Crippen LogP contribution in [0.3, 0.4) is 0 Å². The Morgan fingerprint density at radius 2 is 2.00 bits per heavy atom. The molecule has 0 aliphatic heterocycles. The van der Waals surface area contributed by atoms with E-state index >= 15 is 0 Å². The Kier molecular flexibility index (Phi) is 4.05. The lowest BCUT2D eigenvalue weighted by Crippen LogP contribution is -2.24. The molecule has 17 heavy (non-hydrogen) atoms. The van der Waals surface area contributed by atoms with Crippen molar-refractivity contribution in [1.82, 2.24) is 0 Å². The molecule has 0 bridgehead atoms. The summed E-state index contributed by atoms with van der Waals surface area (Å²) in [5.41, 5.74) is -0.272. The summed E-state index contributed by atoms with van der Waals surface area (Å²) in [6.07, 6.45) is 3.33. The van der Waals surface area contributed by atoms with Crippen LogP contribution in [0.2, 0.25) is 0 Å². The monoisotopic (exact) mass is 236 g/mol. The molecule has 0 amide bonds. The first-order valence-corrected chi connectivity index (χ1v) is 5.49. The van der Waals surface area contributed by atoms with Gasteiger partial charge in [0, 0.05) is 5.56 Å². The third-order valence-corrected chi connectivity index (χ3v) is 1.99. The first-order valence-electron chi connectivity index (χ1n) is 5.49. The number of hydrogen-bond donors (Lipinski definition) is 0. The highest BCUT2D eigenvalue weighted by molar-refractivity contribution is 5.90. The van der Waals surface area contributed by atoms with E-state index in [0.717, 1.165) is 0 Å². The van der Waals surface area contributed by atoms with Crippen LogP contribution in [0.15, 0.2) is 24.3 Å². The molecule has 0 aliphatic carbocycles. The molecule has 0 N–H and O–H groups in total. The number of ether oxygens (including phenoxy) is 1. The molecule has 0 spiro atoms. The summed E-state index contributed by atoms with van der Waals surface area (Å²) in [5.74, 6) is -1.18. The Hall–Kier alpha value is -1.64. The summed E-state index contributed by atoms with van der Waals surface area (Å²) in [7, 11) is 0. The third-order valence-electron chi connectivity index (χ3n) is 1.99. The highest BCUT2D eigenvalue weighted by Crippen LogP contribution is 2.18. The van der Waals surface area contributed by atoms with E-state index in [1.807, 2.05) is 0 Å². The molecule has 2 nitrogen and oxygen atoms in total. The van der Waals surface area contributed by atoms with Crippen molar-refractivity contribution in [2.45, 2.75) is 33.3 Å². The van der Waals surface area contributed by atoms with Gasteiger partial charge in [0.05, 0.1) is 5.56 Å². The van der Waals surface area contributed by atoms with Crippen molar-refractivity contribution in [2.75, 3.05) is 0 Å². The molecule has 0 aliphatic rings. The molecule has 0 fully saturated rings. The van der Waals surface area contributed by atoms with Crippen molar-refractivity contribution in [3.63, 3.8) is 0 Å². The zero-order valence-corrected chi connectivity index (χ0v) is 10.6. The molecular formula is C14H17FO2. The van der Waals surface area contributed by atoms with Crippen molar-refractivity contribution in [1.29, 1.82) is 0 Å². The molecule has 0 saturated heterocycles. The van der Waals surface area contributed by atoms with E-state index in [1.165, 1.54) is 6.07 Å². The zero-order valence-electron chi connectivity index (χ0n) is 10.6. The lowest BCUT2D eigenvalue weighted by molar-refractivity contribution is 0.00647. The first kappa shape index (κ1) is 13.4. The van der Waals surface area contributed by atoms with Crippen LogP contribution in [0.25, 0.3) is 6.08 Å². The Morgan fingerprint density at radius 3 is 2.53 bits per heavy atom. The first-order chi connectivity index (χ1) is 7.85. The summed E-state index contributed by atoms with van der Waals surface area (Å²) in [6.45, 7) is 7.04. The van der Waals surface area contributed by atoms with Crippen LogP contribution in [0.5, 0.6) is 0 Å². The Bertz CT molecular complexity index is 442. The topological polar surface area (TPSA) is 26.3 Å². The minimum atomic E-state index is -0.638. The summed E-state index contributed by atoms with van der Waals surface area (Å²) >= 11 is 0. The fourth-order valence-corrected chi connectivity index (χ4v) is 1.35. The molecule has 0 unspecified atom stereocenters. The van der Waals surface area contributed by atoms with Gasteiger partial charge in [-0.15, -0.1) is 0 Å². The van der Waals surface area contributed by atoms with Crippen LogP contribution in [0.4, 0.5) is 4.39 Å². The quantitative estimate of drug-likeness (QED) is 0.730. The minimum Gasteiger partial charge on any atom is -0.456 e. The number of rotatable bonds is 2. The number of benzene rings is 1. The SMILES string of the molecule is CC=Cc1cccc(C(=O)OC(C)(C)C)c1F. The van der Waals surface area contributed by atoms with Gasteiger partial charge in [0.15, 0.2) is 0 Å². The number of carbonyl (C=O) groups is 1. The number of hydrogen-bond acceptors (Lipinski definition) is 2. The van der Waals surface area contributed by atoms with E-state index in [4.69, 9.17) is 4.74 Å². The van der Waals surface area contributed by atoms with E-state index in [1.54, 1.807) is 52.0 Å². The molecule has 0 heterocycles. The van der Waals surface area contributed by atoms with Gasteiger partial charge in [0.25, 0.3) is 0 Å². The molecule has 3 heteroatoms. The van der Waals surface area contributed by atoms with Crippen LogP contribution in [0, 0.1) is 5.82 Å². The maximum absolute atomic E-state index is 13.9. The molecule has 0 saturated carbocycles. The molecule has 0 aromatic heterocycles. The van der Waals surface area contributed by atoms with Gasteiger partial charge in [-0.25, -0.2) is 9.18 Å². The van der Waals surface area contributed by atoms with Crippen molar-refractivity contribution >= 4 is 12.0 Å². The molecule has 1 aromatic carbocycles. The maximum Gasteiger partial charge on any atom is 0.341 e. The molecule has 0 radical (unpaired) electrons. The predicted octanol–water partition coefficient (Wildman–Crippen LogP) is 3.81. The largest absolute Gasteiger partial charge is 0.456 e. The van der Waals surface area contributed by atoms with Crippen LogP contribution >= 0.6 is 0 Å². The second kappa shape index (κ2) is 5.13. The van der Waals surface area contributed by atoms with E-state index in [9.17, 15) is 9.18 Å². The van der Waals surface area contributed by atoms with E-state index in [2.05, 4.69) is 0 Å². The molecule has 92 valence electrons. The number of esters is 1. The van der Waals surface area contributed by atoms with Crippen LogP contribution in [0.1, 0.15) is 43.6 Å². The summed E-state index contributed by atoms with van der Waals surface area (Å²) < 4.78 is 19.1. The third kappa shape index (κ3) is 3.70. The van der Waals surface area contributed by atoms with Crippen LogP contribution in [-0.4, -0.2) is 11.6 Å². The Labute approximate surface area is 101 Å². The van der Waals surface area contributed by atoms with Crippen LogP contribution in [-0.2, 0) is 4.74 Å². The van der Waals surface area contributed by atoms with Gasteiger partial charge in [-0.2, -0.15) is 0 Å². The second-order valence-corrected chi connectivity index (χ2v) is 4.71. The standard InChI is InChI=1S/C14H17FO2/c1-5-7-10-8-6-9-11(12(10)15)13(16)17-14(2,3)4/h5-9H,1-4H3. The van der Waals surface area contributed by atoms with Gasteiger partial charge in [-0.05, 0) is 33.8 Å². The van der Waals surface area contributed by atoms with Crippen molar-refractivity contribution in [3.8, 4) is 0 Å². The summed E-state index contributed by atoms with van der Waals surface area (Å²) in [4.78, 5) is 11.8. The normalized spacial score (nSPS) is 11.8. The van der Waals surface area contributed by atoms with Gasteiger partial charge in [-0.1, -0.05) is 24.3 Å². The highest BCUT2D eigenvalue weighted by atomic mass is 19.1. The smallest absolute Gasteiger partial charge is 0.341 e. The minimum absolute atomic E-state index is 0.0319. The van der Waals surface area contributed by atoms with Crippen molar-refractivity contribution < 1.29 is 13.9 Å². The Balaban J connectivity index is 3.07. The van der Waals surface area contributed by atoms with E-state index in [0.29, 0.717) is 5.56 Å². The fourth-order valence-electron chi connectivity index (χ4n) is 1.35. The lowest BCUT2D eigenvalue weighted by atomic mass is 10.1. The van der Waals surface area contributed by atoms with Gasteiger partial charge in [0.1, 0.15) is 11.4 Å². The predicted molar refractivity (Wildman–Crippen MR) is 66.3 cm³/mol. The fraction of sp³-hybridized carbons (Fsp3) is 0.357. The Morgan fingerprint density at radius 1 is 1.35 bits per heavy atom.